The van der Waals surface area contributed by atoms with Crippen LogP contribution in [0, 0.1) is 0 Å². The van der Waals surface area contributed by atoms with Crippen molar-refractivity contribution in [1.29, 1.82) is 0 Å². The summed E-state index contributed by atoms with van der Waals surface area (Å²) in [6.07, 6.45) is 1.78. The minimum atomic E-state index is -3.12. The number of amides is 1. The molecule has 1 aromatic carbocycles. The Bertz CT molecular complexity index is 588. The Balaban J connectivity index is 0.00000441. The SMILES string of the molecule is CS(=O)(=O)CCC(N)C(=O)NCCc1cc(Cl)cc(Cl)c1.Cl. The molecule has 9 heteroatoms. The lowest BCUT2D eigenvalue weighted by Crippen LogP contribution is -2.42. The van der Waals surface area contributed by atoms with Gasteiger partial charge in [0, 0.05) is 22.8 Å². The summed E-state index contributed by atoms with van der Waals surface area (Å²) >= 11 is 11.8. The van der Waals surface area contributed by atoms with Gasteiger partial charge < -0.3 is 11.1 Å². The number of nitrogens with two attached hydrogens (primary N) is 1. The molecule has 1 rings (SSSR count). The van der Waals surface area contributed by atoms with E-state index in [4.69, 9.17) is 28.9 Å². The third-order valence-electron chi connectivity index (χ3n) is 2.77. The molecule has 1 atom stereocenters. The number of benzene rings is 1. The van der Waals surface area contributed by atoms with Crippen LogP contribution in [0.2, 0.25) is 10.0 Å². The molecule has 3 N–H and O–H groups in total. The van der Waals surface area contributed by atoms with Gasteiger partial charge in [0.15, 0.2) is 0 Å². The summed E-state index contributed by atoms with van der Waals surface area (Å²) in [6, 6.07) is 4.33. The molecule has 0 aliphatic carbocycles. The van der Waals surface area contributed by atoms with E-state index in [1.54, 1.807) is 18.2 Å². The zero-order valence-corrected chi connectivity index (χ0v) is 15.2. The molecule has 0 fully saturated rings. The van der Waals surface area contributed by atoms with Crippen molar-refractivity contribution in [2.24, 2.45) is 5.73 Å². The summed E-state index contributed by atoms with van der Waals surface area (Å²) < 4.78 is 22.0. The summed E-state index contributed by atoms with van der Waals surface area (Å²) in [5.41, 5.74) is 6.53. The number of carbonyl (C=O) groups is 1. The van der Waals surface area contributed by atoms with Crippen LogP contribution in [-0.4, -0.2) is 38.9 Å². The van der Waals surface area contributed by atoms with Crippen LogP contribution >= 0.6 is 35.6 Å². The zero-order valence-electron chi connectivity index (χ0n) is 12.0. The third-order valence-corrected chi connectivity index (χ3v) is 4.19. The number of hydrogen-bond acceptors (Lipinski definition) is 4. The van der Waals surface area contributed by atoms with Gasteiger partial charge >= 0.3 is 0 Å². The smallest absolute Gasteiger partial charge is 0.236 e. The molecule has 5 nitrogen and oxygen atoms in total. The predicted molar refractivity (Wildman–Crippen MR) is 92.7 cm³/mol. The Hall–Kier alpha value is -0.530. The molecule has 0 heterocycles. The Morgan fingerprint density at radius 3 is 2.32 bits per heavy atom. The van der Waals surface area contributed by atoms with E-state index in [0.717, 1.165) is 11.8 Å². The standard InChI is InChI=1S/C13H18Cl2N2O3S.ClH/c1-21(19,20)5-3-12(16)13(18)17-4-2-9-6-10(14)8-11(15)7-9;/h6-8,12H,2-5,16H2,1H3,(H,17,18);1H. The van der Waals surface area contributed by atoms with Crippen molar-refractivity contribution in [3.8, 4) is 0 Å². The number of halogens is 3. The maximum Gasteiger partial charge on any atom is 0.236 e. The van der Waals surface area contributed by atoms with Crippen LogP contribution in [0.15, 0.2) is 18.2 Å². The molecule has 0 aliphatic heterocycles. The highest BCUT2D eigenvalue weighted by atomic mass is 35.5. The lowest BCUT2D eigenvalue weighted by molar-refractivity contribution is -0.122. The van der Waals surface area contributed by atoms with Crippen molar-refractivity contribution < 1.29 is 13.2 Å². The Morgan fingerprint density at radius 1 is 1.27 bits per heavy atom. The molecule has 0 radical (unpaired) electrons. The quantitative estimate of drug-likeness (QED) is 0.744. The van der Waals surface area contributed by atoms with Gasteiger partial charge in [-0.1, -0.05) is 23.2 Å². The molecular formula is C13H19Cl3N2O3S. The van der Waals surface area contributed by atoms with E-state index in [1.807, 2.05) is 0 Å². The van der Waals surface area contributed by atoms with Crippen LogP contribution in [-0.2, 0) is 21.1 Å². The van der Waals surface area contributed by atoms with E-state index in [2.05, 4.69) is 5.32 Å². The van der Waals surface area contributed by atoms with Gasteiger partial charge in [-0.05, 0) is 36.6 Å². The van der Waals surface area contributed by atoms with Crippen molar-refractivity contribution in [3.63, 3.8) is 0 Å². The van der Waals surface area contributed by atoms with Gasteiger partial charge in [-0.3, -0.25) is 4.79 Å². The number of sulfone groups is 1. The van der Waals surface area contributed by atoms with Gasteiger partial charge in [-0.2, -0.15) is 0 Å². The van der Waals surface area contributed by atoms with Crippen LogP contribution in [0.4, 0.5) is 0 Å². The lowest BCUT2D eigenvalue weighted by Gasteiger charge is -2.12. The fourth-order valence-corrected chi connectivity index (χ4v) is 2.94. The van der Waals surface area contributed by atoms with E-state index in [1.165, 1.54) is 0 Å². The summed E-state index contributed by atoms with van der Waals surface area (Å²) in [7, 11) is -3.12. The Morgan fingerprint density at radius 2 is 1.82 bits per heavy atom. The number of hydrogen-bond donors (Lipinski definition) is 2. The first kappa shape index (κ1) is 21.5. The molecule has 1 amide bonds. The largest absolute Gasteiger partial charge is 0.354 e. The second-order valence-corrected chi connectivity index (χ2v) is 7.98. The van der Waals surface area contributed by atoms with Gasteiger partial charge in [-0.15, -0.1) is 12.4 Å². The molecule has 0 spiro atoms. The van der Waals surface area contributed by atoms with Crippen LogP contribution in [0.1, 0.15) is 12.0 Å². The van der Waals surface area contributed by atoms with Gasteiger partial charge in [-0.25, -0.2) is 8.42 Å². The maximum atomic E-state index is 11.7. The average Bonchev–Trinajstić information content (AvgIpc) is 2.33. The highest BCUT2D eigenvalue weighted by Crippen LogP contribution is 2.19. The molecule has 0 aromatic heterocycles. The van der Waals surface area contributed by atoms with Crippen LogP contribution < -0.4 is 11.1 Å². The number of nitrogens with one attached hydrogen (secondary N) is 1. The van der Waals surface area contributed by atoms with E-state index in [0.29, 0.717) is 23.0 Å². The molecule has 1 aromatic rings. The second kappa shape index (κ2) is 9.57. The molecule has 0 bridgehead atoms. The lowest BCUT2D eigenvalue weighted by atomic mass is 10.1. The average molecular weight is 390 g/mol. The Labute approximate surface area is 146 Å². The molecule has 22 heavy (non-hydrogen) atoms. The predicted octanol–water partition coefficient (Wildman–Crippen LogP) is 1.84. The van der Waals surface area contributed by atoms with Crippen LogP contribution in [0.5, 0.6) is 0 Å². The summed E-state index contributed by atoms with van der Waals surface area (Å²) in [5.74, 6) is -0.474. The van der Waals surface area contributed by atoms with Crippen molar-refractivity contribution in [2.75, 3.05) is 18.6 Å². The van der Waals surface area contributed by atoms with E-state index < -0.39 is 15.9 Å². The third kappa shape index (κ3) is 8.80. The molecule has 0 saturated heterocycles. The first-order chi connectivity index (χ1) is 9.67. The van der Waals surface area contributed by atoms with Gasteiger partial charge in [0.25, 0.3) is 0 Å². The van der Waals surface area contributed by atoms with Crippen molar-refractivity contribution in [3.05, 3.63) is 33.8 Å². The summed E-state index contributed by atoms with van der Waals surface area (Å²) in [4.78, 5) is 11.7. The molecular weight excluding hydrogens is 371 g/mol. The van der Waals surface area contributed by atoms with Crippen molar-refractivity contribution >= 4 is 51.4 Å². The number of carbonyl (C=O) groups excluding carboxylic acids is 1. The maximum absolute atomic E-state index is 11.7. The van der Waals surface area contributed by atoms with Crippen molar-refractivity contribution in [2.45, 2.75) is 18.9 Å². The highest BCUT2D eigenvalue weighted by molar-refractivity contribution is 7.90. The van der Waals surface area contributed by atoms with Crippen LogP contribution in [0.25, 0.3) is 0 Å². The fourth-order valence-electron chi connectivity index (χ4n) is 1.69. The molecule has 0 saturated carbocycles. The van der Waals surface area contributed by atoms with E-state index in [-0.39, 0.29) is 30.5 Å². The first-order valence-corrected chi connectivity index (χ1v) is 9.15. The normalized spacial score (nSPS) is 12.4. The number of rotatable bonds is 7. The summed E-state index contributed by atoms with van der Waals surface area (Å²) in [6.45, 7) is 0.377. The van der Waals surface area contributed by atoms with Gasteiger partial charge in [0.05, 0.1) is 11.8 Å². The van der Waals surface area contributed by atoms with E-state index >= 15 is 0 Å². The first-order valence-electron chi connectivity index (χ1n) is 6.33. The highest BCUT2D eigenvalue weighted by Gasteiger charge is 2.15. The summed E-state index contributed by atoms with van der Waals surface area (Å²) in [5, 5.41) is 3.73. The second-order valence-electron chi connectivity index (χ2n) is 4.84. The minimum Gasteiger partial charge on any atom is -0.354 e. The van der Waals surface area contributed by atoms with Gasteiger partial charge in [0.2, 0.25) is 5.91 Å². The fraction of sp³-hybridized carbons (Fsp3) is 0.462. The molecule has 0 aliphatic rings. The van der Waals surface area contributed by atoms with E-state index in [9.17, 15) is 13.2 Å². The monoisotopic (exact) mass is 388 g/mol. The Kier molecular flexibility index (Phi) is 9.34. The molecule has 1 unspecified atom stereocenters. The van der Waals surface area contributed by atoms with Gasteiger partial charge in [0.1, 0.15) is 9.84 Å². The van der Waals surface area contributed by atoms with Crippen molar-refractivity contribution in [1.82, 2.24) is 5.32 Å². The molecule has 126 valence electrons. The minimum absolute atomic E-state index is 0. The topological polar surface area (TPSA) is 89.3 Å². The van der Waals surface area contributed by atoms with Crippen LogP contribution in [0.3, 0.4) is 0 Å². The zero-order chi connectivity index (χ0) is 16.0.